The van der Waals surface area contributed by atoms with E-state index in [4.69, 9.17) is 14.1 Å². The molecule has 0 amide bonds. The van der Waals surface area contributed by atoms with Crippen LogP contribution >= 0.6 is 0 Å². The van der Waals surface area contributed by atoms with Gasteiger partial charge in [0.1, 0.15) is 11.6 Å². The lowest BCUT2D eigenvalue weighted by Gasteiger charge is -2.29. The molecule has 0 bridgehead atoms. The molecule has 2 aliphatic heterocycles. The van der Waals surface area contributed by atoms with E-state index in [1.165, 1.54) is 12.2 Å². The summed E-state index contributed by atoms with van der Waals surface area (Å²) in [6.45, 7) is 7.76. The summed E-state index contributed by atoms with van der Waals surface area (Å²) in [7, 11) is 2.10. The van der Waals surface area contributed by atoms with E-state index in [0.717, 1.165) is 63.9 Å². The Morgan fingerprint density at radius 2 is 2.29 bits per heavy atom. The van der Waals surface area contributed by atoms with Gasteiger partial charge in [0.05, 0.1) is 31.7 Å². The standard InChI is InChI=1S/C18H26N4O2/c1-20(12-17-3-2-7-24-17)10-16-11-22-6-5-21(13-18(22)19-16)9-15-4-8-23-14-15/h2-3,7,11,15H,4-6,8-10,12-14H2,1H3/t15-/m1/s1. The predicted octanol–water partition coefficient (Wildman–Crippen LogP) is 1.96. The van der Waals surface area contributed by atoms with Crippen molar-refractivity contribution in [1.29, 1.82) is 0 Å². The topological polar surface area (TPSA) is 46.7 Å². The molecule has 0 radical (unpaired) electrons. The molecule has 6 heteroatoms. The number of rotatable bonds is 6. The Morgan fingerprint density at radius 3 is 3.08 bits per heavy atom. The molecular formula is C18H26N4O2. The smallest absolute Gasteiger partial charge is 0.123 e. The first-order valence-corrected chi connectivity index (χ1v) is 8.82. The van der Waals surface area contributed by atoms with Gasteiger partial charge < -0.3 is 13.7 Å². The van der Waals surface area contributed by atoms with Gasteiger partial charge in [0.25, 0.3) is 0 Å². The highest BCUT2D eigenvalue weighted by molar-refractivity contribution is 5.07. The molecule has 0 aliphatic carbocycles. The second kappa shape index (κ2) is 7.09. The van der Waals surface area contributed by atoms with Gasteiger partial charge in [-0.15, -0.1) is 0 Å². The van der Waals surface area contributed by atoms with Gasteiger partial charge >= 0.3 is 0 Å². The van der Waals surface area contributed by atoms with Gasteiger partial charge in [0, 0.05) is 39.0 Å². The second-order valence-electron chi connectivity index (χ2n) is 7.06. The van der Waals surface area contributed by atoms with Crippen molar-refractivity contribution in [2.24, 2.45) is 5.92 Å². The molecule has 1 fully saturated rings. The summed E-state index contributed by atoms with van der Waals surface area (Å²) >= 11 is 0. The van der Waals surface area contributed by atoms with Crippen LogP contribution in [0.15, 0.2) is 29.0 Å². The summed E-state index contributed by atoms with van der Waals surface area (Å²) < 4.78 is 13.2. The number of hydrogen-bond donors (Lipinski definition) is 0. The van der Waals surface area contributed by atoms with Crippen molar-refractivity contribution in [2.45, 2.75) is 32.6 Å². The van der Waals surface area contributed by atoms with Gasteiger partial charge in [-0.25, -0.2) is 4.98 Å². The summed E-state index contributed by atoms with van der Waals surface area (Å²) in [6.07, 6.45) is 5.14. The van der Waals surface area contributed by atoms with E-state index in [1.54, 1.807) is 6.26 Å². The summed E-state index contributed by atoms with van der Waals surface area (Å²) in [5.74, 6) is 2.89. The van der Waals surface area contributed by atoms with E-state index in [2.05, 4.69) is 27.6 Å². The van der Waals surface area contributed by atoms with E-state index >= 15 is 0 Å². The van der Waals surface area contributed by atoms with Crippen molar-refractivity contribution in [3.8, 4) is 0 Å². The van der Waals surface area contributed by atoms with Gasteiger partial charge in [-0.2, -0.15) is 0 Å². The molecule has 4 rings (SSSR count). The third-order valence-corrected chi connectivity index (χ3v) is 4.91. The number of furan rings is 1. The van der Waals surface area contributed by atoms with Crippen LogP contribution in [0.4, 0.5) is 0 Å². The first-order valence-electron chi connectivity index (χ1n) is 8.82. The van der Waals surface area contributed by atoms with Crippen LogP contribution in [-0.2, 0) is 30.9 Å². The third-order valence-electron chi connectivity index (χ3n) is 4.91. The van der Waals surface area contributed by atoms with Gasteiger partial charge in [0.15, 0.2) is 0 Å². The highest BCUT2D eigenvalue weighted by atomic mass is 16.5. The quantitative estimate of drug-likeness (QED) is 0.810. The molecule has 0 aromatic carbocycles. The van der Waals surface area contributed by atoms with Crippen LogP contribution < -0.4 is 0 Å². The van der Waals surface area contributed by atoms with Gasteiger partial charge in [-0.1, -0.05) is 0 Å². The SMILES string of the molecule is CN(Cc1cn2c(n1)CN(C[C@H]1CCOC1)CC2)Cc1ccco1. The van der Waals surface area contributed by atoms with Crippen molar-refractivity contribution >= 4 is 0 Å². The molecule has 0 saturated carbocycles. The number of fused-ring (bicyclic) bond motifs is 1. The summed E-state index contributed by atoms with van der Waals surface area (Å²) in [5, 5.41) is 0. The van der Waals surface area contributed by atoms with Crippen molar-refractivity contribution in [2.75, 3.05) is 33.4 Å². The number of aromatic nitrogens is 2. The molecule has 4 heterocycles. The Balaban J connectivity index is 1.33. The molecule has 0 spiro atoms. The van der Waals surface area contributed by atoms with Crippen LogP contribution in [0.2, 0.25) is 0 Å². The van der Waals surface area contributed by atoms with Gasteiger partial charge in [0.2, 0.25) is 0 Å². The highest BCUT2D eigenvalue weighted by Crippen LogP contribution is 2.19. The van der Waals surface area contributed by atoms with Crippen LogP contribution in [-0.4, -0.2) is 52.7 Å². The fraction of sp³-hybridized carbons (Fsp3) is 0.611. The van der Waals surface area contributed by atoms with Crippen molar-refractivity contribution in [3.05, 3.63) is 41.9 Å². The zero-order valence-electron chi connectivity index (χ0n) is 14.4. The summed E-state index contributed by atoms with van der Waals surface area (Å²) in [5.41, 5.74) is 1.14. The minimum Gasteiger partial charge on any atom is -0.468 e. The fourth-order valence-corrected chi connectivity index (χ4v) is 3.69. The monoisotopic (exact) mass is 330 g/mol. The average molecular weight is 330 g/mol. The second-order valence-corrected chi connectivity index (χ2v) is 7.06. The van der Waals surface area contributed by atoms with Gasteiger partial charge in [-0.3, -0.25) is 9.80 Å². The Hall–Kier alpha value is -1.63. The molecule has 0 N–H and O–H groups in total. The Morgan fingerprint density at radius 1 is 1.33 bits per heavy atom. The molecule has 130 valence electrons. The van der Waals surface area contributed by atoms with Crippen LogP contribution in [0.5, 0.6) is 0 Å². The van der Waals surface area contributed by atoms with Gasteiger partial charge in [-0.05, 0) is 31.5 Å². The fourth-order valence-electron chi connectivity index (χ4n) is 3.69. The summed E-state index contributed by atoms with van der Waals surface area (Å²) in [4.78, 5) is 9.63. The van der Waals surface area contributed by atoms with Crippen LogP contribution in [0.3, 0.4) is 0 Å². The highest BCUT2D eigenvalue weighted by Gasteiger charge is 2.23. The molecule has 6 nitrogen and oxygen atoms in total. The van der Waals surface area contributed by atoms with Crippen molar-refractivity contribution in [1.82, 2.24) is 19.4 Å². The number of imidazole rings is 1. The Kier molecular flexibility index (Phi) is 4.69. The number of nitrogens with zero attached hydrogens (tertiary/aromatic N) is 4. The Bertz CT molecular complexity index is 646. The van der Waals surface area contributed by atoms with Crippen molar-refractivity contribution in [3.63, 3.8) is 0 Å². The maximum absolute atomic E-state index is 5.50. The molecule has 0 unspecified atom stereocenters. The predicted molar refractivity (Wildman–Crippen MR) is 90.3 cm³/mol. The first-order chi connectivity index (χ1) is 11.8. The minimum absolute atomic E-state index is 0.699. The average Bonchev–Trinajstić information content (AvgIpc) is 3.28. The Labute approximate surface area is 143 Å². The zero-order chi connectivity index (χ0) is 16.4. The normalized spacial score (nSPS) is 21.5. The maximum Gasteiger partial charge on any atom is 0.123 e. The van der Waals surface area contributed by atoms with E-state index in [-0.39, 0.29) is 0 Å². The van der Waals surface area contributed by atoms with E-state index in [1.807, 2.05) is 12.1 Å². The zero-order valence-corrected chi connectivity index (χ0v) is 14.4. The molecular weight excluding hydrogens is 304 g/mol. The number of hydrogen-bond acceptors (Lipinski definition) is 5. The lowest BCUT2D eigenvalue weighted by Crippen LogP contribution is -2.37. The molecule has 2 aliphatic rings. The van der Waals surface area contributed by atoms with Crippen LogP contribution in [0.1, 0.15) is 23.7 Å². The molecule has 2 aromatic rings. The maximum atomic E-state index is 5.50. The minimum atomic E-state index is 0.699. The van der Waals surface area contributed by atoms with E-state index in [0.29, 0.717) is 5.92 Å². The van der Waals surface area contributed by atoms with Crippen LogP contribution in [0.25, 0.3) is 0 Å². The number of ether oxygens (including phenoxy) is 1. The first kappa shape index (κ1) is 15.9. The largest absolute Gasteiger partial charge is 0.468 e. The lowest BCUT2D eigenvalue weighted by molar-refractivity contribution is 0.152. The van der Waals surface area contributed by atoms with Crippen molar-refractivity contribution < 1.29 is 9.15 Å². The van der Waals surface area contributed by atoms with E-state index in [9.17, 15) is 0 Å². The van der Waals surface area contributed by atoms with Crippen LogP contribution in [0, 0.1) is 5.92 Å². The summed E-state index contributed by atoms with van der Waals surface area (Å²) in [6, 6.07) is 3.95. The molecule has 1 saturated heterocycles. The molecule has 2 aromatic heterocycles. The lowest BCUT2D eigenvalue weighted by atomic mass is 10.1. The molecule has 24 heavy (non-hydrogen) atoms. The molecule has 1 atom stereocenters. The van der Waals surface area contributed by atoms with E-state index < -0.39 is 0 Å². The third kappa shape index (κ3) is 3.71.